The smallest absolute Gasteiger partial charge is 0.176 e. The molecule has 0 amide bonds. The van der Waals surface area contributed by atoms with Crippen molar-refractivity contribution in [2.45, 2.75) is 4.90 Å². The first-order valence-electron chi connectivity index (χ1n) is 4.95. The van der Waals surface area contributed by atoms with Gasteiger partial charge in [-0.1, -0.05) is 35.9 Å². The molecular formula is C13H10ClO2S. The quantitative estimate of drug-likeness (QED) is 0.836. The predicted octanol–water partition coefficient (Wildman–Crippen LogP) is 3.21. The summed E-state index contributed by atoms with van der Waals surface area (Å²) in [7, 11) is -3.26. The summed E-state index contributed by atoms with van der Waals surface area (Å²) in [4.78, 5) is 0.280. The Kier molecular flexibility index (Phi) is 3.22. The molecule has 0 spiro atoms. The first kappa shape index (κ1) is 12.1. The van der Waals surface area contributed by atoms with Gasteiger partial charge in [-0.3, -0.25) is 0 Å². The second-order valence-electron chi connectivity index (χ2n) is 3.69. The van der Waals surface area contributed by atoms with Gasteiger partial charge < -0.3 is 0 Å². The Labute approximate surface area is 106 Å². The van der Waals surface area contributed by atoms with Crippen LogP contribution in [0.2, 0.25) is 5.02 Å². The summed E-state index contributed by atoms with van der Waals surface area (Å²) in [6.07, 6.45) is 1.19. The van der Waals surface area contributed by atoms with Crippen molar-refractivity contribution >= 4 is 21.4 Å². The van der Waals surface area contributed by atoms with Crippen molar-refractivity contribution in [3.05, 3.63) is 53.6 Å². The highest BCUT2D eigenvalue weighted by atomic mass is 35.5. The van der Waals surface area contributed by atoms with E-state index in [1.165, 1.54) is 6.26 Å². The van der Waals surface area contributed by atoms with Gasteiger partial charge in [0.15, 0.2) is 9.84 Å². The van der Waals surface area contributed by atoms with Gasteiger partial charge in [0.1, 0.15) is 0 Å². The monoisotopic (exact) mass is 265 g/mol. The van der Waals surface area contributed by atoms with Crippen LogP contribution in [0.15, 0.2) is 47.4 Å². The van der Waals surface area contributed by atoms with Crippen molar-refractivity contribution in [2.75, 3.05) is 6.26 Å². The number of rotatable bonds is 2. The van der Waals surface area contributed by atoms with Crippen LogP contribution in [0.4, 0.5) is 0 Å². The summed E-state index contributed by atoms with van der Waals surface area (Å²) in [6.45, 7) is 0. The molecule has 2 aromatic carbocycles. The highest BCUT2D eigenvalue weighted by Gasteiger charge is 2.13. The first-order chi connectivity index (χ1) is 7.98. The van der Waals surface area contributed by atoms with Crippen LogP contribution < -0.4 is 0 Å². The summed E-state index contributed by atoms with van der Waals surface area (Å²) in [5, 5.41) is 0.616. The molecule has 0 aliphatic heterocycles. The molecular weight excluding hydrogens is 256 g/mol. The molecule has 17 heavy (non-hydrogen) atoms. The third-order valence-electron chi connectivity index (χ3n) is 2.35. The molecule has 0 N–H and O–H groups in total. The van der Waals surface area contributed by atoms with Crippen LogP contribution in [0.3, 0.4) is 0 Å². The summed E-state index contributed by atoms with van der Waals surface area (Å²) >= 11 is 5.80. The zero-order valence-corrected chi connectivity index (χ0v) is 10.7. The average Bonchev–Trinajstić information content (AvgIpc) is 2.29. The molecule has 0 bridgehead atoms. The molecule has 1 radical (unpaired) electrons. The Morgan fingerprint density at radius 1 is 1.12 bits per heavy atom. The van der Waals surface area contributed by atoms with Crippen molar-refractivity contribution in [1.29, 1.82) is 0 Å². The van der Waals surface area contributed by atoms with Crippen LogP contribution in [0.25, 0.3) is 11.1 Å². The Balaban J connectivity index is 2.64. The van der Waals surface area contributed by atoms with Gasteiger partial charge in [0.25, 0.3) is 0 Å². The predicted molar refractivity (Wildman–Crippen MR) is 68.8 cm³/mol. The lowest BCUT2D eigenvalue weighted by Crippen LogP contribution is -1.99. The van der Waals surface area contributed by atoms with E-state index in [-0.39, 0.29) is 4.90 Å². The Morgan fingerprint density at radius 2 is 1.76 bits per heavy atom. The highest BCUT2D eigenvalue weighted by molar-refractivity contribution is 7.90. The topological polar surface area (TPSA) is 34.1 Å². The maximum absolute atomic E-state index is 11.6. The van der Waals surface area contributed by atoms with Gasteiger partial charge >= 0.3 is 0 Å². The number of sulfone groups is 1. The van der Waals surface area contributed by atoms with E-state index < -0.39 is 9.84 Å². The van der Waals surface area contributed by atoms with E-state index in [2.05, 4.69) is 6.07 Å². The SMILES string of the molecule is CS(=O)(=O)c1ccc[c]c1-c1ccc(Cl)cc1. The summed E-state index contributed by atoms with van der Waals surface area (Å²) in [5.74, 6) is 0. The highest BCUT2D eigenvalue weighted by Crippen LogP contribution is 2.27. The van der Waals surface area contributed by atoms with Crippen molar-refractivity contribution in [2.24, 2.45) is 0 Å². The zero-order chi connectivity index (χ0) is 12.5. The standard InChI is InChI=1S/C13H10ClO2S/c1-17(15,16)13-5-3-2-4-12(13)10-6-8-11(14)9-7-10/h2-3,5-9H,1H3. The minimum Gasteiger partial charge on any atom is -0.224 e. The summed E-state index contributed by atoms with van der Waals surface area (Å²) < 4.78 is 23.3. The fraction of sp³-hybridized carbons (Fsp3) is 0.0769. The van der Waals surface area contributed by atoms with Crippen molar-refractivity contribution < 1.29 is 8.42 Å². The van der Waals surface area contributed by atoms with Gasteiger partial charge in [-0.05, 0) is 29.8 Å². The number of hydrogen-bond acceptors (Lipinski definition) is 2. The van der Waals surface area contributed by atoms with Gasteiger partial charge in [0, 0.05) is 16.8 Å². The molecule has 87 valence electrons. The van der Waals surface area contributed by atoms with Crippen molar-refractivity contribution in [3.63, 3.8) is 0 Å². The van der Waals surface area contributed by atoms with Crippen LogP contribution >= 0.6 is 11.6 Å². The van der Waals surface area contributed by atoms with E-state index >= 15 is 0 Å². The number of halogens is 1. The van der Waals surface area contributed by atoms with Crippen molar-refractivity contribution in [1.82, 2.24) is 0 Å². The summed E-state index contributed by atoms with van der Waals surface area (Å²) in [6, 6.07) is 14.9. The van der Waals surface area contributed by atoms with E-state index in [1.807, 2.05) is 0 Å². The van der Waals surface area contributed by atoms with Gasteiger partial charge in [-0.2, -0.15) is 0 Å². The second kappa shape index (κ2) is 4.51. The number of benzene rings is 2. The second-order valence-corrected chi connectivity index (χ2v) is 6.11. The lowest BCUT2D eigenvalue weighted by molar-refractivity contribution is 0.602. The molecule has 4 heteroatoms. The molecule has 0 aliphatic rings. The lowest BCUT2D eigenvalue weighted by Gasteiger charge is -2.07. The zero-order valence-electron chi connectivity index (χ0n) is 9.14. The van der Waals surface area contributed by atoms with Crippen LogP contribution in [0.1, 0.15) is 0 Å². The average molecular weight is 266 g/mol. The van der Waals surface area contributed by atoms with E-state index in [9.17, 15) is 8.42 Å². The Morgan fingerprint density at radius 3 is 2.35 bits per heavy atom. The van der Waals surface area contributed by atoms with E-state index in [0.717, 1.165) is 5.56 Å². The lowest BCUT2D eigenvalue weighted by atomic mass is 10.1. The molecule has 0 heterocycles. The minimum absolute atomic E-state index is 0.280. The van der Waals surface area contributed by atoms with Crippen LogP contribution in [-0.4, -0.2) is 14.7 Å². The van der Waals surface area contributed by atoms with Crippen LogP contribution in [0, 0.1) is 6.07 Å². The fourth-order valence-electron chi connectivity index (χ4n) is 1.57. The van der Waals surface area contributed by atoms with Crippen LogP contribution in [-0.2, 0) is 9.84 Å². The third-order valence-corrected chi connectivity index (χ3v) is 3.74. The first-order valence-corrected chi connectivity index (χ1v) is 7.22. The molecule has 0 aliphatic carbocycles. The van der Waals surface area contributed by atoms with E-state index in [0.29, 0.717) is 10.6 Å². The largest absolute Gasteiger partial charge is 0.224 e. The molecule has 0 aromatic heterocycles. The molecule has 0 saturated heterocycles. The molecule has 2 nitrogen and oxygen atoms in total. The molecule has 0 saturated carbocycles. The van der Waals surface area contributed by atoms with Gasteiger partial charge in [0.2, 0.25) is 0 Å². The Hall–Kier alpha value is -1.32. The minimum atomic E-state index is -3.26. The maximum atomic E-state index is 11.6. The number of hydrogen-bond donors (Lipinski definition) is 0. The molecule has 0 fully saturated rings. The Bertz CT molecular complexity index is 631. The van der Waals surface area contributed by atoms with Gasteiger partial charge in [-0.15, -0.1) is 0 Å². The van der Waals surface area contributed by atoms with E-state index in [4.69, 9.17) is 11.6 Å². The van der Waals surface area contributed by atoms with E-state index in [1.54, 1.807) is 42.5 Å². The molecule has 0 atom stereocenters. The molecule has 0 unspecified atom stereocenters. The maximum Gasteiger partial charge on any atom is 0.176 e. The van der Waals surface area contributed by atoms with Crippen LogP contribution in [0.5, 0.6) is 0 Å². The normalized spacial score (nSPS) is 11.4. The summed E-state index contributed by atoms with van der Waals surface area (Å²) in [5.41, 5.74) is 1.36. The van der Waals surface area contributed by atoms with Gasteiger partial charge in [-0.25, -0.2) is 8.42 Å². The third kappa shape index (κ3) is 2.68. The molecule has 2 rings (SSSR count). The fourth-order valence-corrected chi connectivity index (χ4v) is 2.57. The van der Waals surface area contributed by atoms with Crippen molar-refractivity contribution in [3.8, 4) is 11.1 Å². The van der Waals surface area contributed by atoms with Gasteiger partial charge in [0.05, 0.1) is 4.90 Å². The molecule has 2 aromatic rings.